The first-order valence-corrected chi connectivity index (χ1v) is 9.23. The fourth-order valence-electron chi connectivity index (χ4n) is 2.99. The number of hydrogen-bond donors (Lipinski definition) is 1. The van der Waals surface area contributed by atoms with Gasteiger partial charge in [-0.1, -0.05) is 12.1 Å². The van der Waals surface area contributed by atoms with Crippen LogP contribution in [0.15, 0.2) is 48.5 Å². The highest BCUT2D eigenvalue weighted by Gasteiger charge is 2.16. The molecule has 0 radical (unpaired) electrons. The van der Waals surface area contributed by atoms with Gasteiger partial charge in [0.2, 0.25) is 0 Å². The highest BCUT2D eigenvalue weighted by atomic mass is 19.1. The number of ether oxygens (including phenoxy) is 1. The van der Waals surface area contributed by atoms with E-state index in [0.717, 1.165) is 31.7 Å². The largest absolute Gasteiger partial charge is 0.481 e. The van der Waals surface area contributed by atoms with Crippen molar-refractivity contribution in [3.8, 4) is 5.75 Å². The van der Waals surface area contributed by atoms with Crippen LogP contribution in [0.5, 0.6) is 5.75 Å². The van der Waals surface area contributed by atoms with Gasteiger partial charge in [-0.3, -0.25) is 4.79 Å². The Balaban J connectivity index is 1.47. The number of hydrogen-bond acceptors (Lipinski definition) is 4. The lowest BCUT2D eigenvalue weighted by atomic mass is 10.1. The van der Waals surface area contributed by atoms with Crippen LogP contribution in [0.25, 0.3) is 0 Å². The Morgan fingerprint density at radius 1 is 1.07 bits per heavy atom. The molecule has 1 aliphatic heterocycles. The van der Waals surface area contributed by atoms with Gasteiger partial charge in [-0.25, -0.2) is 4.39 Å². The van der Waals surface area contributed by atoms with Crippen LogP contribution in [0.1, 0.15) is 12.5 Å². The van der Waals surface area contributed by atoms with Crippen LogP contribution in [0.4, 0.5) is 10.1 Å². The lowest BCUT2D eigenvalue weighted by Gasteiger charge is -2.34. The van der Waals surface area contributed by atoms with Crippen LogP contribution < -0.4 is 15.0 Å². The number of halogens is 1. The highest BCUT2D eigenvalue weighted by molar-refractivity contribution is 5.80. The van der Waals surface area contributed by atoms with Crippen molar-refractivity contribution in [2.24, 2.45) is 0 Å². The predicted octanol–water partition coefficient (Wildman–Crippen LogP) is 2.66. The zero-order chi connectivity index (χ0) is 19.2. The molecule has 0 bridgehead atoms. The summed E-state index contributed by atoms with van der Waals surface area (Å²) < 4.78 is 18.5. The van der Waals surface area contributed by atoms with Gasteiger partial charge in [-0.05, 0) is 55.9 Å². The number of anilines is 1. The van der Waals surface area contributed by atoms with Crippen molar-refractivity contribution in [1.29, 1.82) is 0 Å². The maximum atomic E-state index is 12.9. The number of benzene rings is 2. The summed E-state index contributed by atoms with van der Waals surface area (Å²) in [6.07, 6.45) is -0.653. The number of carbonyl (C=O) groups excluding carboxylic acids is 1. The van der Waals surface area contributed by atoms with Crippen LogP contribution in [-0.4, -0.2) is 50.1 Å². The molecule has 0 aromatic heterocycles. The molecule has 2 aromatic rings. The third-order valence-corrected chi connectivity index (χ3v) is 4.77. The van der Waals surface area contributed by atoms with Gasteiger partial charge in [0, 0.05) is 38.4 Å². The maximum Gasteiger partial charge on any atom is 0.261 e. The van der Waals surface area contributed by atoms with E-state index < -0.39 is 6.10 Å². The molecule has 6 heteroatoms. The summed E-state index contributed by atoms with van der Waals surface area (Å²) in [5.41, 5.74) is 2.25. The average Bonchev–Trinajstić information content (AvgIpc) is 2.69. The first-order valence-electron chi connectivity index (χ1n) is 9.23. The van der Waals surface area contributed by atoms with E-state index in [0.29, 0.717) is 12.3 Å². The molecule has 27 heavy (non-hydrogen) atoms. The monoisotopic (exact) mass is 371 g/mol. The second-order valence-corrected chi connectivity index (χ2v) is 6.89. The quantitative estimate of drug-likeness (QED) is 0.848. The summed E-state index contributed by atoms with van der Waals surface area (Å²) >= 11 is 0. The zero-order valence-corrected chi connectivity index (χ0v) is 15.8. The fourth-order valence-corrected chi connectivity index (χ4v) is 2.99. The van der Waals surface area contributed by atoms with Gasteiger partial charge >= 0.3 is 0 Å². The summed E-state index contributed by atoms with van der Waals surface area (Å²) in [6.45, 7) is 6.33. The first-order chi connectivity index (χ1) is 13.0. The summed E-state index contributed by atoms with van der Waals surface area (Å²) in [7, 11) is 2.14. The van der Waals surface area contributed by atoms with E-state index in [1.807, 2.05) is 12.1 Å². The number of rotatable bonds is 6. The van der Waals surface area contributed by atoms with Crippen molar-refractivity contribution in [3.63, 3.8) is 0 Å². The van der Waals surface area contributed by atoms with Crippen molar-refractivity contribution in [2.75, 3.05) is 38.1 Å². The average molecular weight is 371 g/mol. The standard InChI is InChI=1S/C21H26FN3O2/c1-16(27-20-9-5-18(22)6-10-20)21(26)23-15-17-3-7-19(8-4-17)25-13-11-24(2)12-14-25/h3-10,16H,11-15H2,1-2H3,(H,23,26). The molecule has 1 fully saturated rings. The Morgan fingerprint density at radius 2 is 1.70 bits per heavy atom. The van der Waals surface area contributed by atoms with Crippen LogP contribution in [-0.2, 0) is 11.3 Å². The molecular weight excluding hydrogens is 345 g/mol. The Bertz CT molecular complexity index is 741. The third kappa shape index (κ3) is 5.44. The van der Waals surface area contributed by atoms with E-state index in [-0.39, 0.29) is 11.7 Å². The highest BCUT2D eigenvalue weighted by Crippen LogP contribution is 2.17. The van der Waals surface area contributed by atoms with E-state index in [1.54, 1.807) is 6.92 Å². The molecule has 0 aliphatic carbocycles. The van der Waals surface area contributed by atoms with Crippen LogP contribution >= 0.6 is 0 Å². The van der Waals surface area contributed by atoms with Crippen molar-refractivity contribution in [1.82, 2.24) is 10.2 Å². The van der Waals surface area contributed by atoms with Crippen molar-refractivity contribution in [2.45, 2.75) is 19.6 Å². The molecule has 3 rings (SSSR count). The minimum Gasteiger partial charge on any atom is -0.481 e. The molecule has 2 aromatic carbocycles. The summed E-state index contributed by atoms with van der Waals surface area (Å²) in [5.74, 6) is -0.0717. The molecule has 1 saturated heterocycles. The van der Waals surface area contributed by atoms with E-state index in [9.17, 15) is 9.18 Å². The SMILES string of the molecule is CC(Oc1ccc(F)cc1)C(=O)NCc1ccc(N2CCN(C)CC2)cc1. The molecular formula is C21H26FN3O2. The van der Waals surface area contributed by atoms with Crippen molar-refractivity contribution in [3.05, 3.63) is 59.9 Å². The van der Waals surface area contributed by atoms with Gasteiger partial charge in [-0.15, -0.1) is 0 Å². The fraction of sp³-hybridized carbons (Fsp3) is 0.381. The maximum absolute atomic E-state index is 12.9. The van der Waals surface area contributed by atoms with Crippen molar-refractivity contribution >= 4 is 11.6 Å². The molecule has 1 amide bonds. The smallest absolute Gasteiger partial charge is 0.261 e. The number of amides is 1. The Kier molecular flexibility index (Phi) is 6.29. The van der Waals surface area contributed by atoms with E-state index >= 15 is 0 Å². The van der Waals surface area contributed by atoms with Gasteiger partial charge in [-0.2, -0.15) is 0 Å². The molecule has 144 valence electrons. The van der Waals surface area contributed by atoms with Crippen LogP contribution in [0.2, 0.25) is 0 Å². The van der Waals surface area contributed by atoms with E-state index in [2.05, 4.69) is 34.3 Å². The Morgan fingerprint density at radius 3 is 2.33 bits per heavy atom. The number of likely N-dealkylation sites (N-methyl/N-ethyl adjacent to an activating group) is 1. The van der Waals surface area contributed by atoms with E-state index in [1.165, 1.54) is 30.0 Å². The molecule has 1 aliphatic rings. The van der Waals surface area contributed by atoms with Crippen molar-refractivity contribution < 1.29 is 13.9 Å². The minimum atomic E-state index is -0.653. The number of nitrogens with zero attached hydrogens (tertiary/aromatic N) is 2. The van der Waals surface area contributed by atoms with Crippen LogP contribution in [0, 0.1) is 5.82 Å². The molecule has 1 N–H and O–H groups in total. The van der Waals surface area contributed by atoms with Gasteiger partial charge < -0.3 is 19.9 Å². The first kappa shape index (κ1) is 19.2. The summed E-state index contributed by atoms with van der Waals surface area (Å²) in [5, 5.41) is 2.88. The summed E-state index contributed by atoms with van der Waals surface area (Å²) in [6, 6.07) is 13.9. The van der Waals surface area contributed by atoms with E-state index in [4.69, 9.17) is 4.74 Å². The second-order valence-electron chi connectivity index (χ2n) is 6.89. The summed E-state index contributed by atoms with van der Waals surface area (Å²) in [4.78, 5) is 16.9. The number of piperazine rings is 1. The lowest BCUT2D eigenvalue weighted by molar-refractivity contribution is -0.127. The van der Waals surface area contributed by atoms with Gasteiger partial charge in [0.15, 0.2) is 6.10 Å². The number of nitrogens with one attached hydrogen (secondary N) is 1. The van der Waals surface area contributed by atoms with Gasteiger partial charge in [0.25, 0.3) is 5.91 Å². The third-order valence-electron chi connectivity index (χ3n) is 4.77. The zero-order valence-electron chi connectivity index (χ0n) is 15.8. The topological polar surface area (TPSA) is 44.8 Å². The molecule has 1 unspecified atom stereocenters. The number of carbonyl (C=O) groups is 1. The Hall–Kier alpha value is -2.60. The molecule has 1 atom stereocenters. The molecule has 0 spiro atoms. The van der Waals surface area contributed by atoms with Gasteiger partial charge in [0.05, 0.1) is 0 Å². The normalized spacial score (nSPS) is 16.0. The Labute approximate surface area is 159 Å². The molecule has 0 saturated carbocycles. The van der Waals surface area contributed by atoms with Crippen LogP contribution in [0.3, 0.4) is 0 Å². The predicted molar refractivity (Wildman–Crippen MR) is 104 cm³/mol. The minimum absolute atomic E-state index is 0.206. The lowest BCUT2D eigenvalue weighted by Crippen LogP contribution is -2.44. The molecule has 5 nitrogen and oxygen atoms in total. The second kappa shape index (κ2) is 8.86. The van der Waals surface area contributed by atoms with Gasteiger partial charge in [0.1, 0.15) is 11.6 Å². The molecule has 1 heterocycles.